The number of benzene rings is 1. The summed E-state index contributed by atoms with van der Waals surface area (Å²) in [5.41, 5.74) is 3.08. The molecule has 2 heterocycles. The maximum atomic E-state index is 13.7. The quantitative estimate of drug-likeness (QED) is 0.389. The van der Waals surface area contributed by atoms with Crippen LogP contribution in [0, 0.1) is 11.7 Å². The summed E-state index contributed by atoms with van der Waals surface area (Å²) < 4.78 is 20.9. The summed E-state index contributed by atoms with van der Waals surface area (Å²) in [6.07, 6.45) is 13.0. The second kappa shape index (κ2) is 9.59. The predicted molar refractivity (Wildman–Crippen MR) is 118 cm³/mol. The molecule has 0 bridgehead atoms. The summed E-state index contributed by atoms with van der Waals surface area (Å²) >= 11 is 0. The molecule has 1 aliphatic rings. The van der Waals surface area contributed by atoms with Gasteiger partial charge in [0.25, 0.3) is 0 Å². The summed E-state index contributed by atoms with van der Waals surface area (Å²) in [6, 6.07) is 10.2. The van der Waals surface area contributed by atoms with Crippen molar-refractivity contribution in [2.75, 3.05) is 19.5 Å². The molecule has 0 spiro atoms. The molecular weight excluding hydrogens is 397 g/mol. The van der Waals surface area contributed by atoms with Gasteiger partial charge >= 0.3 is 0 Å². The number of nitrogens with zero attached hydrogens (tertiary/aromatic N) is 2. The van der Waals surface area contributed by atoms with Gasteiger partial charge in [0.2, 0.25) is 0 Å². The number of imidazole rings is 1. The van der Waals surface area contributed by atoms with Crippen LogP contribution < -0.4 is 5.32 Å². The SMILES string of the molecule is COOCc1ccn2c(Nc3cccc(F)c3)c(/C=C/C3C=CC(OC)=CC3)nc2c1. The average Bonchev–Trinajstić information content (AvgIpc) is 3.13. The van der Waals surface area contributed by atoms with E-state index in [1.54, 1.807) is 13.2 Å². The predicted octanol–water partition coefficient (Wildman–Crippen LogP) is 5.41. The van der Waals surface area contributed by atoms with Crippen molar-refractivity contribution in [1.82, 2.24) is 9.38 Å². The van der Waals surface area contributed by atoms with E-state index in [2.05, 4.69) is 23.5 Å². The van der Waals surface area contributed by atoms with Gasteiger partial charge in [-0.1, -0.05) is 18.2 Å². The third-order valence-corrected chi connectivity index (χ3v) is 4.98. The van der Waals surface area contributed by atoms with E-state index in [9.17, 15) is 4.39 Å². The van der Waals surface area contributed by atoms with Gasteiger partial charge in [0.15, 0.2) is 0 Å². The van der Waals surface area contributed by atoms with E-state index in [0.717, 1.165) is 34.9 Å². The van der Waals surface area contributed by atoms with Crippen molar-refractivity contribution in [3.05, 3.63) is 89.7 Å². The van der Waals surface area contributed by atoms with Crippen molar-refractivity contribution < 1.29 is 18.9 Å². The molecule has 3 aromatic rings. The first-order valence-electron chi connectivity index (χ1n) is 9.96. The highest BCUT2D eigenvalue weighted by Gasteiger charge is 2.13. The smallest absolute Gasteiger partial charge is 0.142 e. The highest BCUT2D eigenvalue weighted by atomic mass is 19.1. The molecule has 0 radical (unpaired) electrons. The Balaban J connectivity index is 1.67. The van der Waals surface area contributed by atoms with E-state index in [-0.39, 0.29) is 11.7 Å². The Hall–Kier alpha value is -3.42. The lowest BCUT2D eigenvalue weighted by Crippen LogP contribution is -1.99. The van der Waals surface area contributed by atoms with Crippen LogP contribution in [0.1, 0.15) is 17.7 Å². The summed E-state index contributed by atoms with van der Waals surface area (Å²) in [6.45, 7) is 0.318. The van der Waals surface area contributed by atoms with Gasteiger partial charge in [-0.2, -0.15) is 0 Å². The molecule has 6 nitrogen and oxygen atoms in total. The fourth-order valence-corrected chi connectivity index (χ4v) is 3.39. The zero-order valence-corrected chi connectivity index (χ0v) is 17.4. The van der Waals surface area contributed by atoms with E-state index in [1.807, 2.05) is 40.9 Å². The highest BCUT2D eigenvalue weighted by molar-refractivity contribution is 5.72. The average molecular weight is 421 g/mol. The topological polar surface area (TPSA) is 57.0 Å². The van der Waals surface area contributed by atoms with Gasteiger partial charge < -0.3 is 10.1 Å². The fraction of sp³-hybridized carbons (Fsp3) is 0.208. The summed E-state index contributed by atoms with van der Waals surface area (Å²) in [4.78, 5) is 14.5. The molecular formula is C24H24FN3O3. The first kappa shape index (κ1) is 20.8. The molecule has 1 aromatic carbocycles. The lowest BCUT2D eigenvalue weighted by atomic mass is 9.99. The summed E-state index contributed by atoms with van der Waals surface area (Å²) in [5.74, 6) is 1.57. The number of anilines is 2. The molecule has 4 rings (SSSR count). The number of aromatic nitrogens is 2. The van der Waals surface area contributed by atoms with Crippen LogP contribution in [0.3, 0.4) is 0 Å². The molecule has 0 fully saturated rings. The number of halogens is 1. The number of fused-ring (bicyclic) bond motifs is 1. The summed E-state index contributed by atoms with van der Waals surface area (Å²) in [7, 11) is 3.14. The third-order valence-electron chi connectivity index (χ3n) is 4.98. The number of methoxy groups -OCH3 is 1. The van der Waals surface area contributed by atoms with Crippen molar-refractivity contribution in [3.63, 3.8) is 0 Å². The number of nitrogens with one attached hydrogen (secondary N) is 1. The van der Waals surface area contributed by atoms with Gasteiger partial charge in [0.1, 0.15) is 35.3 Å². The summed E-state index contributed by atoms with van der Waals surface area (Å²) in [5, 5.41) is 3.31. The van der Waals surface area contributed by atoms with Crippen LogP contribution in [0.15, 0.2) is 72.7 Å². The number of ether oxygens (including phenoxy) is 1. The van der Waals surface area contributed by atoms with Gasteiger partial charge in [0.05, 0.1) is 14.2 Å². The maximum Gasteiger partial charge on any atom is 0.142 e. The van der Waals surface area contributed by atoms with Crippen LogP contribution in [0.4, 0.5) is 15.9 Å². The first-order valence-corrected chi connectivity index (χ1v) is 9.96. The molecule has 7 heteroatoms. The first-order chi connectivity index (χ1) is 15.2. The number of hydrogen-bond acceptors (Lipinski definition) is 5. The van der Waals surface area contributed by atoms with E-state index in [4.69, 9.17) is 19.5 Å². The normalized spacial score (nSPS) is 16.1. The van der Waals surface area contributed by atoms with E-state index in [1.165, 1.54) is 19.2 Å². The van der Waals surface area contributed by atoms with Crippen LogP contribution in [-0.4, -0.2) is 23.6 Å². The van der Waals surface area contributed by atoms with Crippen molar-refractivity contribution in [2.24, 2.45) is 5.92 Å². The molecule has 2 aromatic heterocycles. The van der Waals surface area contributed by atoms with Crippen molar-refractivity contribution >= 4 is 23.2 Å². The minimum absolute atomic E-state index is 0.247. The number of rotatable bonds is 8. The van der Waals surface area contributed by atoms with Gasteiger partial charge in [0, 0.05) is 11.9 Å². The lowest BCUT2D eigenvalue weighted by Gasteiger charge is -2.12. The molecule has 1 aliphatic carbocycles. The monoisotopic (exact) mass is 421 g/mol. The molecule has 0 saturated heterocycles. The minimum Gasteiger partial charge on any atom is -0.497 e. The Morgan fingerprint density at radius 3 is 2.90 bits per heavy atom. The Kier molecular flexibility index (Phi) is 6.45. The Labute approximate surface area is 180 Å². The fourth-order valence-electron chi connectivity index (χ4n) is 3.39. The van der Waals surface area contributed by atoms with Crippen molar-refractivity contribution in [1.29, 1.82) is 0 Å². The van der Waals surface area contributed by atoms with Crippen LogP contribution in [0.2, 0.25) is 0 Å². The zero-order chi connectivity index (χ0) is 21.6. The third kappa shape index (κ3) is 5.02. The highest BCUT2D eigenvalue weighted by Crippen LogP contribution is 2.27. The van der Waals surface area contributed by atoms with Gasteiger partial charge in [-0.25, -0.2) is 19.1 Å². The van der Waals surface area contributed by atoms with Crippen LogP contribution in [0.25, 0.3) is 11.7 Å². The Morgan fingerprint density at radius 2 is 2.16 bits per heavy atom. The number of pyridine rings is 1. The van der Waals surface area contributed by atoms with Gasteiger partial charge in [-0.15, -0.1) is 0 Å². The minimum atomic E-state index is -0.303. The number of hydrogen-bond donors (Lipinski definition) is 1. The van der Waals surface area contributed by atoms with Crippen molar-refractivity contribution in [2.45, 2.75) is 13.0 Å². The lowest BCUT2D eigenvalue weighted by molar-refractivity contribution is -0.282. The second-order valence-electron chi connectivity index (χ2n) is 7.10. The van der Waals surface area contributed by atoms with E-state index < -0.39 is 0 Å². The molecule has 1 unspecified atom stereocenters. The van der Waals surface area contributed by atoms with Crippen LogP contribution in [0.5, 0.6) is 0 Å². The van der Waals surface area contributed by atoms with Gasteiger partial charge in [-0.05, 0) is 66.5 Å². The largest absolute Gasteiger partial charge is 0.497 e. The molecule has 160 valence electrons. The standard InChI is InChI=1S/C24H24FN3O3/c1-29-21-9-6-17(7-10-21)8-11-22-24(26-20-5-3-4-19(25)15-20)28-13-12-18(16-31-30-2)14-23(28)27-22/h3-6,8-15,17,26H,7,16H2,1-2H3/b11-8+. The van der Waals surface area contributed by atoms with Crippen LogP contribution >= 0.6 is 0 Å². The van der Waals surface area contributed by atoms with Gasteiger partial charge in [-0.3, -0.25) is 4.40 Å². The molecule has 1 atom stereocenters. The maximum absolute atomic E-state index is 13.7. The van der Waals surface area contributed by atoms with Crippen molar-refractivity contribution in [3.8, 4) is 0 Å². The Bertz CT molecular complexity index is 1150. The second-order valence-corrected chi connectivity index (χ2v) is 7.10. The zero-order valence-electron chi connectivity index (χ0n) is 17.4. The Morgan fingerprint density at radius 1 is 1.26 bits per heavy atom. The van der Waals surface area contributed by atoms with E-state index in [0.29, 0.717) is 12.3 Å². The molecule has 0 saturated carbocycles. The number of allylic oxidation sites excluding steroid dienone is 4. The molecule has 31 heavy (non-hydrogen) atoms. The molecule has 0 amide bonds. The van der Waals surface area contributed by atoms with E-state index >= 15 is 0 Å². The molecule has 0 aliphatic heterocycles. The van der Waals surface area contributed by atoms with Crippen LogP contribution in [-0.2, 0) is 21.1 Å². The molecule has 1 N–H and O–H groups in total.